The summed E-state index contributed by atoms with van der Waals surface area (Å²) in [7, 11) is 0. The van der Waals surface area contributed by atoms with Gasteiger partial charge in [0.2, 0.25) is 0 Å². The second kappa shape index (κ2) is 4.30. The molecule has 2 aromatic rings. The number of pyridine rings is 1. The number of imidazole rings is 1. The highest BCUT2D eigenvalue weighted by Crippen LogP contribution is 2.35. The number of halogens is 1. The van der Waals surface area contributed by atoms with Gasteiger partial charge in [0.1, 0.15) is 11.3 Å². The summed E-state index contributed by atoms with van der Waals surface area (Å²) in [5, 5.41) is -0.0650. The van der Waals surface area contributed by atoms with E-state index in [1.807, 2.05) is 25.3 Å². The quantitative estimate of drug-likeness (QED) is 0.757. The zero-order chi connectivity index (χ0) is 11.8. The zero-order valence-electron chi connectivity index (χ0n) is 9.93. The topological polar surface area (TPSA) is 30.7 Å². The van der Waals surface area contributed by atoms with Crippen LogP contribution in [0.2, 0.25) is 0 Å². The Kier molecular flexibility index (Phi) is 2.79. The fraction of sp³-hybridized carbons (Fsp3) is 0.538. The van der Waals surface area contributed by atoms with Crippen molar-refractivity contribution in [3.8, 4) is 0 Å². The Morgan fingerprint density at radius 1 is 1.41 bits per heavy atom. The molecule has 3 nitrogen and oxygen atoms in total. The summed E-state index contributed by atoms with van der Waals surface area (Å²) in [5.41, 5.74) is 1.95. The number of hydrogen-bond acceptors (Lipinski definition) is 2. The van der Waals surface area contributed by atoms with Gasteiger partial charge in [-0.15, -0.1) is 11.6 Å². The highest BCUT2D eigenvalue weighted by atomic mass is 35.5. The molecule has 1 unspecified atom stereocenters. The van der Waals surface area contributed by atoms with Crippen molar-refractivity contribution in [3.05, 3.63) is 24.2 Å². The molecule has 0 radical (unpaired) electrons. The Hall–Kier alpha value is -1.09. The molecule has 1 aliphatic rings. The van der Waals surface area contributed by atoms with Crippen molar-refractivity contribution in [1.29, 1.82) is 0 Å². The van der Waals surface area contributed by atoms with Crippen LogP contribution in [0.1, 0.15) is 49.9 Å². The molecule has 2 heterocycles. The van der Waals surface area contributed by atoms with E-state index in [1.165, 1.54) is 25.7 Å². The first-order valence-corrected chi connectivity index (χ1v) is 6.68. The van der Waals surface area contributed by atoms with E-state index in [1.54, 1.807) is 0 Å². The molecular formula is C13H16ClN3. The minimum atomic E-state index is -0.0650. The van der Waals surface area contributed by atoms with Crippen molar-refractivity contribution in [2.24, 2.45) is 0 Å². The third-order valence-corrected chi connectivity index (χ3v) is 3.72. The molecule has 2 aromatic heterocycles. The second-order valence-electron chi connectivity index (χ2n) is 4.74. The molecule has 0 bridgehead atoms. The maximum absolute atomic E-state index is 6.25. The van der Waals surface area contributed by atoms with E-state index < -0.39 is 0 Å². The van der Waals surface area contributed by atoms with Crippen molar-refractivity contribution >= 4 is 22.8 Å². The van der Waals surface area contributed by atoms with E-state index in [2.05, 4.69) is 14.5 Å². The Balaban J connectivity index is 2.20. The molecule has 1 saturated carbocycles. The molecule has 0 N–H and O–H groups in total. The molecule has 0 aromatic carbocycles. The number of hydrogen-bond donors (Lipinski definition) is 0. The Morgan fingerprint density at radius 2 is 2.18 bits per heavy atom. The molecule has 90 valence electrons. The third kappa shape index (κ3) is 1.82. The molecule has 1 fully saturated rings. The van der Waals surface area contributed by atoms with Crippen LogP contribution in [0.3, 0.4) is 0 Å². The van der Waals surface area contributed by atoms with Crippen LogP contribution in [0, 0.1) is 0 Å². The molecule has 0 saturated heterocycles. The number of rotatable bonds is 2. The SMILES string of the molecule is CC(Cl)c1nc2cccnc2n1C1CCCC1. The molecule has 4 heteroatoms. The van der Waals surface area contributed by atoms with Crippen LogP contribution in [0.4, 0.5) is 0 Å². The average Bonchev–Trinajstić information content (AvgIpc) is 2.94. The molecule has 1 aliphatic carbocycles. The Morgan fingerprint density at radius 3 is 2.88 bits per heavy atom. The lowest BCUT2D eigenvalue weighted by Crippen LogP contribution is -2.10. The molecule has 3 rings (SSSR count). The second-order valence-corrected chi connectivity index (χ2v) is 5.40. The highest BCUT2D eigenvalue weighted by Gasteiger charge is 2.24. The molecule has 1 atom stereocenters. The van der Waals surface area contributed by atoms with Gasteiger partial charge in [-0.25, -0.2) is 9.97 Å². The summed E-state index contributed by atoms with van der Waals surface area (Å²) in [4.78, 5) is 9.10. The Labute approximate surface area is 106 Å². The predicted octanol–water partition coefficient (Wildman–Crippen LogP) is 3.85. The highest BCUT2D eigenvalue weighted by molar-refractivity contribution is 6.20. The first kappa shape index (κ1) is 11.0. The van der Waals surface area contributed by atoms with E-state index in [-0.39, 0.29) is 5.38 Å². The van der Waals surface area contributed by atoms with Gasteiger partial charge >= 0.3 is 0 Å². The van der Waals surface area contributed by atoms with Crippen molar-refractivity contribution in [2.45, 2.75) is 44.0 Å². The maximum Gasteiger partial charge on any atom is 0.160 e. The summed E-state index contributed by atoms with van der Waals surface area (Å²) in [5.74, 6) is 0.965. The molecule has 0 spiro atoms. The van der Waals surface area contributed by atoms with E-state index >= 15 is 0 Å². The maximum atomic E-state index is 6.25. The van der Waals surface area contributed by atoms with E-state index in [0.29, 0.717) is 6.04 Å². The minimum absolute atomic E-state index is 0.0650. The lowest BCUT2D eigenvalue weighted by molar-refractivity contribution is 0.507. The van der Waals surface area contributed by atoms with Gasteiger partial charge in [-0.3, -0.25) is 0 Å². The summed E-state index contributed by atoms with van der Waals surface area (Å²) in [6.07, 6.45) is 6.87. The molecular weight excluding hydrogens is 234 g/mol. The summed E-state index contributed by atoms with van der Waals surface area (Å²) < 4.78 is 2.26. The fourth-order valence-corrected chi connectivity index (χ4v) is 2.90. The lowest BCUT2D eigenvalue weighted by Gasteiger charge is -2.16. The summed E-state index contributed by atoms with van der Waals surface area (Å²) >= 11 is 6.25. The molecule has 0 amide bonds. The van der Waals surface area contributed by atoms with Crippen LogP contribution in [0.5, 0.6) is 0 Å². The number of fused-ring (bicyclic) bond motifs is 1. The van der Waals surface area contributed by atoms with Crippen LogP contribution in [-0.2, 0) is 0 Å². The monoisotopic (exact) mass is 249 g/mol. The van der Waals surface area contributed by atoms with Gasteiger partial charge < -0.3 is 4.57 Å². The van der Waals surface area contributed by atoms with Gasteiger partial charge in [-0.1, -0.05) is 12.8 Å². The van der Waals surface area contributed by atoms with Crippen molar-refractivity contribution in [3.63, 3.8) is 0 Å². The van der Waals surface area contributed by atoms with E-state index in [9.17, 15) is 0 Å². The number of alkyl halides is 1. The Bertz CT molecular complexity index is 526. The smallest absolute Gasteiger partial charge is 0.160 e. The van der Waals surface area contributed by atoms with Gasteiger partial charge in [-0.05, 0) is 31.9 Å². The third-order valence-electron chi connectivity index (χ3n) is 3.52. The van der Waals surface area contributed by atoms with Gasteiger partial charge in [0.25, 0.3) is 0 Å². The van der Waals surface area contributed by atoms with Crippen LogP contribution in [0.15, 0.2) is 18.3 Å². The zero-order valence-corrected chi connectivity index (χ0v) is 10.7. The van der Waals surface area contributed by atoms with Gasteiger partial charge in [0.15, 0.2) is 5.65 Å². The standard InChI is InChI=1S/C13H16ClN3/c1-9(14)12-16-11-7-4-8-15-13(11)17(12)10-5-2-3-6-10/h4,7-10H,2-3,5-6H2,1H3. The number of aromatic nitrogens is 3. The average molecular weight is 250 g/mol. The van der Waals surface area contributed by atoms with Crippen LogP contribution < -0.4 is 0 Å². The number of nitrogens with zero attached hydrogens (tertiary/aromatic N) is 3. The lowest BCUT2D eigenvalue weighted by atomic mass is 10.2. The fourth-order valence-electron chi connectivity index (χ4n) is 2.75. The first-order valence-electron chi connectivity index (χ1n) is 6.24. The van der Waals surface area contributed by atoms with Crippen LogP contribution in [0.25, 0.3) is 11.2 Å². The van der Waals surface area contributed by atoms with Gasteiger partial charge in [0.05, 0.1) is 5.38 Å². The van der Waals surface area contributed by atoms with Crippen molar-refractivity contribution in [2.75, 3.05) is 0 Å². The van der Waals surface area contributed by atoms with Gasteiger partial charge in [0, 0.05) is 12.2 Å². The molecule has 17 heavy (non-hydrogen) atoms. The predicted molar refractivity (Wildman–Crippen MR) is 69.3 cm³/mol. The first-order chi connectivity index (χ1) is 8.27. The molecule has 0 aliphatic heterocycles. The van der Waals surface area contributed by atoms with Crippen LogP contribution in [-0.4, -0.2) is 14.5 Å². The van der Waals surface area contributed by atoms with Crippen LogP contribution >= 0.6 is 11.6 Å². The van der Waals surface area contributed by atoms with Crippen molar-refractivity contribution < 1.29 is 0 Å². The van der Waals surface area contributed by atoms with Crippen molar-refractivity contribution in [1.82, 2.24) is 14.5 Å². The van der Waals surface area contributed by atoms with E-state index in [0.717, 1.165) is 17.0 Å². The summed E-state index contributed by atoms with van der Waals surface area (Å²) in [6, 6.07) is 4.47. The largest absolute Gasteiger partial charge is 0.308 e. The van der Waals surface area contributed by atoms with Gasteiger partial charge in [-0.2, -0.15) is 0 Å². The minimum Gasteiger partial charge on any atom is -0.308 e. The summed E-state index contributed by atoms with van der Waals surface area (Å²) in [6.45, 7) is 1.98. The normalized spacial score (nSPS) is 18.9. The van der Waals surface area contributed by atoms with E-state index in [4.69, 9.17) is 11.6 Å².